The molecule has 0 aromatic heterocycles. The van der Waals surface area contributed by atoms with Crippen LogP contribution in [-0.2, 0) is 4.79 Å². The molecule has 1 fully saturated rings. The van der Waals surface area contributed by atoms with E-state index in [9.17, 15) is 4.79 Å². The lowest BCUT2D eigenvalue weighted by molar-refractivity contribution is -0.131. The van der Waals surface area contributed by atoms with Crippen LogP contribution in [0, 0.1) is 10.8 Å². The topological polar surface area (TPSA) is 32.3 Å². The summed E-state index contributed by atoms with van der Waals surface area (Å²) in [7, 11) is 1.89. The first-order chi connectivity index (χ1) is 6.55. The summed E-state index contributed by atoms with van der Waals surface area (Å²) in [5.41, 5.74) is 0.0513. The molecule has 1 heterocycles. The molecule has 1 aliphatic rings. The molecule has 1 amide bonds. The van der Waals surface area contributed by atoms with Gasteiger partial charge in [0.05, 0.1) is 12.2 Å². The van der Waals surface area contributed by atoms with E-state index in [1.165, 1.54) is 0 Å². The quantitative estimate of drug-likeness (QED) is 0.664. The van der Waals surface area contributed by atoms with Crippen LogP contribution in [0.1, 0.15) is 41.5 Å². The Balaban J connectivity index is 2.91. The van der Waals surface area contributed by atoms with Crippen LogP contribution in [0.3, 0.4) is 0 Å². The fourth-order valence-corrected chi connectivity index (χ4v) is 2.12. The van der Waals surface area contributed by atoms with Crippen LogP contribution in [0.25, 0.3) is 0 Å². The Hall–Kier alpha value is -0.570. The predicted octanol–water partition coefficient (Wildman–Crippen LogP) is 1.83. The molecule has 0 spiro atoms. The second kappa shape index (κ2) is 3.48. The highest BCUT2D eigenvalue weighted by atomic mass is 16.2. The minimum absolute atomic E-state index is 0.0225. The molecule has 1 saturated heterocycles. The van der Waals surface area contributed by atoms with Gasteiger partial charge < -0.3 is 4.90 Å². The van der Waals surface area contributed by atoms with Gasteiger partial charge in [-0.05, 0) is 10.8 Å². The summed E-state index contributed by atoms with van der Waals surface area (Å²) in [5.74, 6) is 0.211. The maximum atomic E-state index is 12.1. The predicted molar refractivity (Wildman–Crippen MR) is 62.4 cm³/mol. The van der Waals surface area contributed by atoms with Crippen molar-refractivity contribution in [2.45, 2.75) is 53.8 Å². The van der Waals surface area contributed by atoms with E-state index in [4.69, 9.17) is 0 Å². The zero-order chi connectivity index (χ0) is 12.0. The Labute approximate surface area is 93.2 Å². The van der Waals surface area contributed by atoms with Gasteiger partial charge in [-0.1, -0.05) is 41.5 Å². The first-order valence-corrected chi connectivity index (χ1v) is 5.58. The molecular formula is C12H24N2O. The standard InChI is InChI=1S/C12H24N2O/c1-11(2,3)8-9(15)14(7)10(13-8)12(4,5)6/h8,10,13H,1-7H3/t8-,10-/m1/s1. The lowest BCUT2D eigenvalue weighted by Crippen LogP contribution is -2.47. The van der Waals surface area contributed by atoms with Gasteiger partial charge in [0.15, 0.2) is 0 Å². The summed E-state index contributed by atoms with van der Waals surface area (Å²) >= 11 is 0. The van der Waals surface area contributed by atoms with E-state index in [0.717, 1.165) is 0 Å². The Kier molecular flexibility index (Phi) is 2.90. The molecule has 0 aromatic rings. The van der Waals surface area contributed by atoms with Gasteiger partial charge >= 0.3 is 0 Å². The van der Waals surface area contributed by atoms with E-state index in [1.54, 1.807) is 0 Å². The second-order valence-corrected chi connectivity index (χ2v) is 6.68. The molecule has 88 valence electrons. The number of nitrogens with zero attached hydrogens (tertiary/aromatic N) is 1. The van der Waals surface area contributed by atoms with Crippen molar-refractivity contribution in [3.05, 3.63) is 0 Å². The zero-order valence-corrected chi connectivity index (χ0v) is 11.0. The molecule has 0 unspecified atom stereocenters. The van der Waals surface area contributed by atoms with E-state index in [-0.39, 0.29) is 28.9 Å². The van der Waals surface area contributed by atoms with Gasteiger partial charge in [0.1, 0.15) is 0 Å². The van der Waals surface area contributed by atoms with Crippen LogP contribution >= 0.6 is 0 Å². The molecule has 1 aliphatic heterocycles. The van der Waals surface area contributed by atoms with E-state index in [1.807, 2.05) is 11.9 Å². The third kappa shape index (κ3) is 2.33. The van der Waals surface area contributed by atoms with E-state index < -0.39 is 0 Å². The van der Waals surface area contributed by atoms with Crippen LogP contribution in [0.4, 0.5) is 0 Å². The van der Waals surface area contributed by atoms with Gasteiger partial charge in [-0.15, -0.1) is 0 Å². The highest BCUT2D eigenvalue weighted by molar-refractivity contribution is 5.85. The summed E-state index contributed by atoms with van der Waals surface area (Å²) in [6.07, 6.45) is 0.134. The third-order valence-electron chi connectivity index (χ3n) is 2.99. The lowest BCUT2D eigenvalue weighted by Gasteiger charge is -2.32. The van der Waals surface area contributed by atoms with Gasteiger partial charge in [0, 0.05) is 7.05 Å². The first kappa shape index (κ1) is 12.5. The summed E-state index contributed by atoms with van der Waals surface area (Å²) in [4.78, 5) is 13.9. The minimum atomic E-state index is -0.0632. The second-order valence-electron chi connectivity index (χ2n) is 6.68. The van der Waals surface area contributed by atoms with Crippen LogP contribution in [0.5, 0.6) is 0 Å². The number of rotatable bonds is 0. The molecule has 15 heavy (non-hydrogen) atoms. The summed E-state index contributed by atoms with van der Waals surface area (Å²) in [6, 6.07) is -0.0632. The zero-order valence-electron chi connectivity index (χ0n) is 11.0. The maximum absolute atomic E-state index is 12.1. The lowest BCUT2D eigenvalue weighted by atomic mass is 9.86. The number of hydrogen-bond acceptors (Lipinski definition) is 2. The Morgan fingerprint density at radius 3 is 1.73 bits per heavy atom. The summed E-state index contributed by atoms with van der Waals surface area (Å²) in [5, 5.41) is 3.45. The average Bonchev–Trinajstić information content (AvgIpc) is 2.26. The maximum Gasteiger partial charge on any atom is 0.241 e. The van der Waals surface area contributed by atoms with E-state index in [0.29, 0.717) is 0 Å². The number of carbonyl (C=O) groups is 1. The van der Waals surface area contributed by atoms with Crippen molar-refractivity contribution < 1.29 is 4.79 Å². The summed E-state index contributed by atoms with van der Waals surface area (Å²) in [6.45, 7) is 12.8. The van der Waals surface area contributed by atoms with Crippen molar-refractivity contribution in [2.75, 3.05) is 7.05 Å². The molecule has 0 radical (unpaired) electrons. The number of likely N-dealkylation sites (N-methyl/N-ethyl adjacent to an activating group) is 1. The van der Waals surface area contributed by atoms with Gasteiger partial charge in [0.2, 0.25) is 5.91 Å². The van der Waals surface area contributed by atoms with Crippen LogP contribution in [0.15, 0.2) is 0 Å². The Bertz CT molecular complexity index is 260. The Morgan fingerprint density at radius 1 is 1.07 bits per heavy atom. The molecule has 1 rings (SSSR count). The van der Waals surface area contributed by atoms with Gasteiger partial charge in [-0.2, -0.15) is 0 Å². The molecule has 0 bridgehead atoms. The molecule has 3 nitrogen and oxygen atoms in total. The van der Waals surface area contributed by atoms with Crippen molar-refractivity contribution in [1.82, 2.24) is 10.2 Å². The molecule has 0 saturated carbocycles. The number of carbonyl (C=O) groups excluding carboxylic acids is 1. The van der Waals surface area contributed by atoms with Crippen LogP contribution in [0.2, 0.25) is 0 Å². The van der Waals surface area contributed by atoms with Crippen LogP contribution < -0.4 is 5.32 Å². The van der Waals surface area contributed by atoms with Crippen molar-refractivity contribution in [3.8, 4) is 0 Å². The third-order valence-corrected chi connectivity index (χ3v) is 2.99. The number of nitrogens with one attached hydrogen (secondary N) is 1. The molecule has 3 heteroatoms. The van der Waals surface area contributed by atoms with Gasteiger partial charge in [-0.25, -0.2) is 0 Å². The fraction of sp³-hybridized carbons (Fsp3) is 0.917. The van der Waals surface area contributed by atoms with Crippen molar-refractivity contribution >= 4 is 5.91 Å². The number of amides is 1. The number of hydrogen-bond donors (Lipinski definition) is 1. The van der Waals surface area contributed by atoms with Crippen molar-refractivity contribution in [3.63, 3.8) is 0 Å². The first-order valence-electron chi connectivity index (χ1n) is 5.58. The molecule has 1 N–H and O–H groups in total. The molecule has 2 atom stereocenters. The molecular weight excluding hydrogens is 188 g/mol. The highest BCUT2D eigenvalue weighted by Gasteiger charge is 2.46. The van der Waals surface area contributed by atoms with Crippen molar-refractivity contribution in [1.29, 1.82) is 0 Å². The SMILES string of the molecule is CN1C(=O)[C@H](C(C)(C)C)N[C@H]1C(C)(C)C. The van der Waals surface area contributed by atoms with Gasteiger partial charge in [-0.3, -0.25) is 10.1 Å². The van der Waals surface area contributed by atoms with Crippen molar-refractivity contribution in [2.24, 2.45) is 10.8 Å². The van der Waals surface area contributed by atoms with Crippen LogP contribution in [-0.4, -0.2) is 30.1 Å². The minimum Gasteiger partial charge on any atom is -0.328 e. The summed E-state index contributed by atoms with van der Waals surface area (Å²) < 4.78 is 0. The normalized spacial score (nSPS) is 28.7. The Morgan fingerprint density at radius 2 is 1.53 bits per heavy atom. The molecule has 0 aliphatic carbocycles. The smallest absolute Gasteiger partial charge is 0.241 e. The van der Waals surface area contributed by atoms with E-state index >= 15 is 0 Å². The van der Waals surface area contributed by atoms with E-state index in [2.05, 4.69) is 46.9 Å². The largest absolute Gasteiger partial charge is 0.328 e. The fourth-order valence-electron chi connectivity index (χ4n) is 2.12. The monoisotopic (exact) mass is 212 g/mol. The van der Waals surface area contributed by atoms with Gasteiger partial charge in [0.25, 0.3) is 0 Å². The molecule has 0 aromatic carbocycles. The highest BCUT2D eigenvalue weighted by Crippen LogP contribution is 2.32. The average molecular weight is 212 g/mol.